The van der Waals surface area contributed by atoms with E-state index in [9.17, 15) is 102 Å². The maximum atomic E-state index is 14.2. The molecule has 2 heterocycles. The summed E-state index contributed by atoms with van der Waals surface area (Å²) in [5.74, 6) is -12.2. The van der Waals surface area contributed by atoms with Gasteiger partial charge in [0.1, 0.15) is 48.9 Å². The number of ether oxygens (including phenoxy) is 3. The maximum Gasteiger partial charge on any atom is 0.407 e. The Balaban J connectivity index is 0.832. The number of nitro groups is 1. The number of nitrogens with zero attached hydrogens (tertiary/aromatic N) is 2. The minimum atomic E-state index is -1.87. The number of carbonyl (C=O) groups is 14. The lowest BCUT2D eigenvalue weighted by atomic mass is 10.0. The lowest BCUT2D eigenvalue weighted by molar-refractivity contribution is -0.384. The summed E-state index contributed by atoms with van der Waals surface area (Å²) in [5.41, 5.74) is 7.72. The lowest BCUT2D eigenvalue weighted by Gasteiger charge is -2.24. The smallest absolute Gasteiger partial charge is 0.407 e. The van der Waals surface area contributed by atoms with Crippen molar-refractivity contribution in [3.05, 3.63) is 134 Å². The van der Waals surface area contributed by atoms with E-state index >= 15 is 0 Å². The third-order valence-corrected chi connectivity index (χ3v) is 19.6. The second-order valence-corrected chi connectivity index (χ2v) is 27.9. The Bertz CT molecular complexity index is 4280. The number of benzene rings is 4. The molecule has 590 valence electrons. The predicted molar refractivity (Wildman–Crippen MR) is 394 cm³/mol. The highest BCUT2D eigenvalue weighted by Crippen LogP contribution is 2.46. The van der Waals surface area contributed by atoms with Gasteiger partial charge in [-0.05, 0) is 74.3 Å². The molecule has 0 bridgehead atoms. The highest BCUT2D eigenvalue weighted by Gasteiger charge is 2.37. The molecule has 7 atom stereocenters. The minimum absolute atomic E-state index is 0.0159. The zero-order valence-electron chi connectivity index (χ0n) is 59.2. The van der Waals surface area contributed by atoms with E-state index in [-0.39, 0.29) is 116 Å². The van der Waals surface area contributed by atoms with Crippen LogP contribution in [-0.2, 0) is 76.9 Å². The first-order valence-electron chi connectivity index (χ1n) is 34.8. The number of hydrogen-bond acceptors (Lipinski definition) is 23. The van der Waals surface area contributed by atoms with Gasteiger partial charge in [0.15, 0.2) is 17.3 Å². The van der Waals surface area contributed by atoms with Crippen LogP contribution in [-0.4, -0.2) is 205 Å². The van der Waals surface area contributed by atoms with Crippen LogP contribution in [0.4, 0.5) is 15.3 Å². The molecule has 1 aromatic heterocycles. The number of alkyl carbamates (subject to hydrolysis) is 1. The molecule has 0 spiro atoms. The van der Waals surface area contributed by atoms with Gasteiger partial charge in [-0.1, -0.05) is 102 Å². The number of aromatic nitrogens is 1. The van der Waals surface area contributed by atoms with Gasteiger partial charge in [0.2, 0.25) is 42.2 Å². The molecule has 5 aromatic rings. The number of non-ortho nitro benzene ring substituents is 1. The van der Waals surface area contributed by atoms with E-state index in [1.807, 2.05) is 23.5 Å². The Morgan fingerprint density at radius 2 is 1.16 bits per heavy atom. The van der Waals surface area contributed by atoms with Gasteiger partial charge in [0.05, 0.1) is 28.0 Å². The van der Waals surface area contributed by atoms with Gasteiger partial charge in [-0.15, -0.1) is 0 Å². The first kappa shape index (κ1) is 85.4. The molecule has 16 N–H and O–H groups in total. The molecule has 37 nitrogen and oxygen atoms in total. The molecule has 110 heavy (non-hydrogen) atoms. The van der Waals surface area contributed by atoms with Crippen LogP contribution < -0.4 is 68.6 Å². The molecule has 0 saturated carbocycles. The van der Waals surface area contributed by atoms with Crippen molar-refractivity contribution in [2.45, 2.75) is 145 Å². The zero-order valence-corrected chi connectivity index (χ0v) is 60.8. The summed E-state index contributed by atoms with van der Waals surface area (Å²) in [6, 6.07) is 12.4. The third-order valence-electron chi connectivity index (χ3n) is 17.3. The number of aryl methyl sites for hydroxylation is 1. The van der Waals surface area contributed by atoms with Gasteiger partial charge < -0.3 is 97.9 Å². The van der Waals surface area contributed by atoms with Crippen LogP contribution >= 0.6 is 21.6 Å². The molecule has 0 fully saturated rings. The van der Waals surface area contributed by atoms with Crippen molar-refractivity contribution in [1.29, 1.82) is 0 Å². The summed E-state index contributed by atoms with van der Waals surface area (Å²) in [7, 11) is 2.00. The Kier molecular flexibility index (Phi) is 33.1. The third kappa shape index (κ3) is 26.2. The number of nitro benzene ring substituents is 1. The van der Waals surface area contributed by atoms with E-state index in [0.29, 0.717) is 61.2 Å². The van der Waals surface area contributed by atoms with E-state index in [0.717, 1.165) is 33.2 Å². The van der Waals surface area contributed by atoms with E-state index in [2.05, 4.69) is 42.5 Å². The van der Waals surface area contributed by atoms with E-state index < -0.39 is 162 Å². The van der Waals surface area contributed by atoms with Crippen molar-refractivity contribution < 1.29 is 112 Å². The first-order chi connectivity index (χ1) is 52.6. The van der Waals surface area contributed by atoms with Gasteiger partial charge in [-0.25, -0.2) is 24.0 Å². The van der Waals surface area contributed by atoms with Crippen LogP contribution in [0.5, 0.6) is 11.5 Å². The largest absolute Gasteiger partial charge is 0.481 e. The number of aliphatic carboxylic acids is 5. The molecule has 0 unspecified atom stereocenters. The van der Waals surface area contributed by atoms with Gasteiger partial charge >= 0.3 is 42.0 Å². The standard InChI is InChI=1S/C71H84N12O25S2/c72-46(62(91)77-51(35-58(88)89)65(94)79-52(69(100)101)37-110-109-30-29-106-71(103)74-27-12-28-82-60-43-33-53-54(108-38-107-53)34-44(43)61(90)59(60)42-20-19-41(83(104)105)32-45(42)66(82)95)36-75-63(92)50(31-40-15-8-5-9-16-40)78-64(93)47(21-18-39-13-6-4-7-14-39)76-56(85)17-10-2-1-3-11-26-73-55(84)24-22-48(67(96)97)80-70(102)81-49(68(98)99)23-25-57(86)87/h4-9,13-16,19-20,32-34,46-52H,1-3,10-12,17-18,21-31,35-38,72H2,(H,73,84)(H,74,103)(H,75,92)(H,76,85)(H,77,91)(H,78,93)(H,79,94)(H,86,87)(H,88,89)(H,96,97)(H,98,99)(H,100,101)(H2,80,81,102)/t46-,47-,48-,49-,50-,51-,52-/m0/s1. The summed E-state index contributed by atoms with van der Waals surface area (Å²) in [4.78, 5) is 203. The van der Waals surface area contributed by atoms with E-state index in [1.165, 1.54) is 22.8 Å². The number of carbonyl (C=O) groups excluding carboxylic acids is 9. The van der Waals surface area contributed by atoms with E-state index in [4.69, 9.17) is 25.1 Å². The Labute approximate surface area is 634 Å². The first-order valence-corrected chi connectivity index (χ1v) is 37.3. The second-order valence-electron chi connectivity index (χ2n) is 25.3. The number of carboxylic acids is 5. The molecule has 0 radical (unpaired) electrons. The Morgan fingerprint density at radius 3 is 1.81 bits per heavy atom. The fourth-order valence-electron chi connectivity index (χ4n) is 11.6. The lowest BCUT2D eigenvalue weighted by Crippen LogP contribution is -2.58. The molecule has 4 aromatic carbocycles. The number of hydrogen-bond donors (Lipinski definition) is 15. The van der Waals surface area contributed by atoms with Gasteiger partial charge in [-0.2, -0.15) is 0 Å². The molecular formula is C71H84N12O25S2. The average molecular weight is 1570 g/mol. The Morgan fingerprint density at radius 1 is 0.564 bits per heavy atom. The molecule has 2 aliphatic rings. The fraction of sp³-hybridized carbons (Fsp3) is 0.423. The predicted octanol–water partition coefficient (Wildman–Crippen LogP) is 2.47. The maximum absolute atomic E-state index is 14.2. The SMILES string of the molecule is N[C@@H](CNC(=O)[C@H](Cc1ccccc1)NC(=O)[C@H](CCc1ccccc1)NC(=O)CCCCCCCNC(=O)CC[C@H](NC(=O)N[C@@H](CCC(=O)O)C(=O)O)C(=O)O)C(=O)N[C@@H](CC(=O)O)C(=O)N[C@@H](CSSCCOC(=O)NCCCn1c2c(c3ccc([N+](=O)[O-])cc3c1=O)C(=O)c1cc3c(cc1-2)OCO3)C(=O)O. The van der Waals surface area contributed by atoms with Crippen molar-refractivity contribution in [3.8, 4) is 22.8 Å². The monoisotopic (exact) mass is 1570 g/mol. The molecular weight excluding hydrogens is 1480 g/mol. The number of urea groups is 1. The average Bonchev–Trinajstić information content (AvgIpc) is 1.55. The number of carboxylic acid groups (broad SMARTS) is 5. The summed E-state index contributed by atoms with van der Waals surface area (Å²) >= 11 is 0. The van der Waals surface area contributed by atoms with Gasteiger partial charge in [0, 0.05) is 92.0 Å². The molecule has 39 heteroatoms. The minimum Gasteiger partial charge on any atom is -0.481 e. The molecule has 1 aliphatic heterocycles. The van der Waals surface area contributed by atoms with Crippen molar-refractivity contribution in [3.63, 3.8) is 0 Å². The molecule has 1 aliphatic carbocycles. The topological polar surface area (TPSA) is 567 Å². The molecule has 9 amide bonds. The van der Waals surface area contributed by atoms with Crippen LogP contribution in [0, 0.1) is 10.1 Å². The van der Waals surface area contributed by atoms with Crippen LogP contribution in [0.1, 0.15) is 111 Å². The fourth-order valence-corrected chi connectivity index (χ4v) is 13.6. The number of fused-ring (bicyclic) bond motifs is 6. The summed E-state index contributed by atoms with van der Waals surface area (Å²) in [5, 5.41) is 80.9. The molecule has 7 rings (SSSR count). The summed E-state index contributed by atoms with van der Waals surface area (Å²) < 4.78 is 17.6. The number of ketones is 1. The van der Waals surface area contributed by atoms with Gasteiger partial charge in [0.25, 0.3) is 11.2 Å². The van der Waals surface area contributed by atoms with Crippen LogP contribution in [0.25, 0.3) is 22.0 Å². The zero-order chi connectivity index (χ0) is 80.0. The number of nitrogens with two attached hydrogens (primary N) is 1. The van der Waals surface area contributed by atoms with E-state index in [1.54, 1.807) is 48.5 Å². The van der Waals surface area contributed by atoms with Gasteiger partial charge in [-0.3, -0.25) is 58.1 Å². The number of unbranched alkanes of at least 4 members (excludes halogenated alkanes) is 4. The van der Waals surface area contributed by atoms with Crippen LogP contribution in [0.2, 0.25) is 0 Å². The number of nitrogens with one attached hydrogen (secondary N) is 9. The second kappa shape index (κ2) is 42.6. The highest BCUT2D eigenvalue weighted by atomic mass is 33.1. The Hall–Kier alpha value is -11.9. The summed E-state index contributed by atoms with van der Waals surface area (Å²) in [6.45, 7) is -0.725. The van der Waals surface area contributed by atoms with Crippen molar-refractivity contribution in [2.75, 3.05) is 44.5 Å². The van der Waals surface area contributed by atoms with Crippen LogP contribution in [0.3, 0.4) is 0 Å². The summed E-state index contributed by atoms with van der Waals surface area (Å²) in [6.07, 6.45) is -0.269. The molecule has 0 saturated heterocycles. The van der Waals surface area contributed by atoms with Crippen molar-refractivity contribution in [2.24, 2.45) is 5.73 Å². The number of amides is 9. The number of pyridine rings is 1. The quantitative estimate of drug-likeness (QED) is 0.0113. The number of rotatable bonds is 47. The highest BCUT2D eigenvalue weighted by molar-refractivity contribution is 8.76. The normalized spacial score (nSPS) is 13.6. The van der Waals surface area contributed by atoms with Crippen molar-refractivity contribution in [1.82, 2.24) is 52.4 Å². The van der Waals surface area contributed by atoms with Crippen LogP contribution in [0.15, 0.2) is 95.8 Å². The van der Waals surface area contributed by atoms with Crippen molar-refractivity contribution >= 4 is 121 Å².